The van der Waals surface area contributed by atoms with E-state index < -0.39 is 0 Å². The van der Waals surface area contributed by atoms with Gasteiger partial charge in [0, 0.05) is 25.7 Å². The largest absolute Gasteiger partial charge is 0.343 e. The number of carbonyl (C=O) groups excluding carboxylic acids is 1. The molecule has 3 heteroatoms. The van der Waals surface area contributed by atoms with Gasteiger partial charge in [-0.15, -0.1) is 0 Å². The van der Waals surface area contributed by atoms with Crippen LogP contribution >= 0.6 is 0 Å². The zero-order valence-electron chi connectivity index (χ0n) is 11.1. The lowest BCUT2D eigenvalue weighted by Gasteiger charge is -2.31. The minimum Gasteiger partial charge on any atom is -0.343 e. The Morgan fingerprint density at radius 2 is 1.82 bits per heavy atom. The first-order valence-corrected chi connectivity index (χ1v) is 6.12. The third-order valence-electron chi connectivity index (χ3n) is 3.42. The number of hydrogen-bond acceptors (Lipinski definition) is 2. The Kier molecular flexibility index (Phi) is 5.13. The van der Waals surface area contributed by atoms with Gasteiger partial charge in [0.2, 0.25) is 5.91 Å². The van der Waals surface area contributed by atoms with Gasteiger partial charge in [-0.3, -0.25) is 9.79 Å². The molecule has 1 saturated heterocycles. The molecule has 1 aliphatic heterocycles. The van der Waals surface area contributed by atoms with Crippen LogP contribution in [-0.2, 0) is 4.79 Å². The number of hydrogen-bond donors (Lipinski definition) is 0. The summed E-state index contributed by atoms with van der Waals surface area (Å²) in [4.78, 5) is 17.0. The van der Waals surface area contributed by atoms with Crippen LogP contribution in [0, 0.1) is 5.92 Å². The van der Waals surface area contributed by atoms with Crippen molar-refractivity contribution in [1.82, 2.24) is 4.90 Å². The van der Waals surface area contributed by atoms with Gasteiger partial charge in [0.05, 0.1) is 0 Å². The lowest BCUT2D eigenvalue weighted by Crippen LogP contribution is -2.37. The lowest BCUT2D eigenvalue weighted by molar-refractivity contribution is -0.130. The third-order valence-corrected chi connectivity index (χ3v) is 3.42. The molecule has 0 unspecified atom stereocenters. The molecule has 0 N–H and O–H groups in total. The average molecular weight is 234 g/mol. The van der Waals surface area contributed by atoms with Gasteiger partial charge in [-0.1, -0.05) is 11.6 Å². The second-order valence-corrected chi connectivity index (χ2v) is 4.66. The van der Waals surface area contributed by atoms with Crippen molar-refractivity contribution in [2.75, 3.05) is 13.1 Å². The Morgan fingerprint density at radius 3 is 2.29 bits per heavy atom. The van der Waals surface area contributed by atoms with Crippen molar-refractivity contribution in [2.45, 2.75) is 33.6 Å². The Balaban J connectivity index is 2.54. The maximum atomic E-state index is 11.2. The van der Waals surface area contributed by atoms with E-state index in [4.69, 9.17) is 0 Å². The van der Waals surface area contributed by atoms with E-state index in [1.54, 1.807) is 6.92 Å². The smallest absolute Gasteiger partial charge is 0.219 e. The van der Waals surface area contributed by atoms with Crippen molar-refractivity contribution < 1.29 is 4.79 Å². The zero-order valence-corrected chi connectivity index (χ0v) is 11.1. The van der Waals surface area contributed by atoms with Crippen molar-refractivity contribution in [1.29, 1.82) is 0 Å². The monoisotopic (exact) mass is 234 g/mol. The molecule has 0 aromatic rings. The van der Waals surface area contributed by atoms with Gasteiger partial charge in [0.15, 0.2) is 0 Å². The number of rotatable bonds is 3. The Hall–Kier alpha value is -1.38. The molecule has 94 valence electrons. The lowest BCUT2D eigenvalue weighted by atomic mass is 9.89. The highest BCUT2D eigenvalue weighted by molar-refractivity contribution is 5.73. The molecular formula is C14H22N2O. The first-order chi connectivity index (χ1) is 8.04. The summed E-state index contributed by atoms with van der Waals surface area (Å²) in [6.45, 7) is 11.0. The van der Waals surface area contributed by atoms with Gasteiger partial charge in [-0.25, -0.2) is 0 Å². The van der Waals surface area contributed by atoms with Crippen LogP contribution in [0.3, 0.4) is 0 Å². The van der Waals surface area contributed by atoms with Crippen LogP contribution in [0.2, 0.25) is 0 Å². The number of carbonyl (C=O) groups is 1. The predicted molar refractivity (Wildman–Crippen MR) is 72.0 cm³/mol. The number of aliphatic imine (C=N–C) groups is 1. The molecule has 0 aromatic heterocycles. The molecule has 1 rings (SSSR count). The van der Waals surface area contributed by atoms with E-state index in [0.717, 1.165) is 31.6 Å². The van der Waals surface area contributed by atoms with Crippen LogP contribution in [-0.4, -0.2) is 30.6 Å². The van der Waals surface area contributed by atoms with Crippen LogP contribution in [0.1, 0.15) is 33.6 Å². The Labute approximate surface area is 104 Å². The second kappa shape index (κ2) is 6.38. The van der Waals surface area contributed by atoms with Crippen molar-refractivity contribution in [3.63, 3.8) is 0 Å². The van der Waals surface area contributed by atoms with Gasteiger partial charge in [-0.2, -0.15) is 0 Å². The maximum absolute atomic E-state index is 11.2. The summed E-state index contributed by atoms with van der Waals surface area (Å²) in [5, 5.41) is 0. The fourth-order valence-electron chi connectivity index (χ4n) is 2.09. The van der Waals surface area contributed by atoms with Crippen LogP contribution in [0.25, 0.3) is 0 Å². The molecule has 3 nitrogen and oxygen atoms in total. The molecule has 1 aliphatic rings. The van der Waals surface area contributed by atoms with Crippen LogP contribution in [0.15, 0.2) is 28.4 Å². The van der Waals surface area contributed by atoms with Gasteiger partial charge in [0.1, 0.15) is 0 Å². The number of piperidine rings is 1. The molecule has 0 atom stereocenters. The molecule has 1 amide bonds. The number of allylic oxidation sites excluding steroid dienone is 4. The first-order valence-electron chi connectivity index (χ1n) is 6.12. The summed E-state index contributed by atoms with van der Waals surface area (Å²) in [6, 6.07) is 0. The fraction of sp³-hybridized carbons (Fsp3) is 0.571. The zero-order chi connectivity index (χ0) is 12.8. The molecule has 1 fully saturated rings. The molecule has 0 radical (unpaired) electrons. The number of likely N-dealkylation sites (tertiary alicyclic amines) is 1. The van der Waals surface area contributed by atoms with Crippen molar-refractivity contribution in [3.05, 3.63) is 23.4 Å². The summed E-state index contributed by atoms with van der Waals surface area (Å²) < 4.78 is 0. The van der Waals surface area contributed by atoms with Crippen molar-refractivity contribution >= 4 is 12.6 Å². The number of amides is 1. The molecular weight excluding hydrogens is 212 g/mol. The van der Waals surface area contributed by atoms with E-state index in [1.165, 1.54) is 5.57 Å². The highest BCUT2D eigenvalue weighted by atomic mass is 16.2. The molecule has 0 bridgehead atoms. The van der Waals surface area contributed by atoms with Gasteiger partial charge < -0.3 is 4.90 Å². The van der Waals surface area contributed by atoms with E-state index in [1.807, 2.05) is 17.9 Å². The standard InChI is InChI=1S/C14H22N2O/c1-11(5-6-12(2)15-4)14-7-9-16(10-8-14)13(3)17/h5-6,14H,4,7-10H2,1-3H3/b11-5+,12-6-. The van der Waals surface area contributed by atoms with Crippen LogP contribution in [0.4, 0.5) is 0 Å². The minimum atomic E-state index is 0.191. The summed E-state index contributed by atoms with van der Waals surface area (Å²) >= 11 is 0. The Bertz CT molecular complexity index is 347. The van der Waals surface area contributed by atoms with E-state index in [9.17, 15) is 4.79 Å². The normalized spacial score (nSPS) is 19.4. The van der Waals surface area contributed by atoms with Crippen molar-refractivity contribution in [3.8, 4) is 0 Å². The molecule has 0 spiro atoms. The first kappa shape index (κ1) is 13.7. The second-order valence-electron chi connectivity index (χ2n) is 4.66. The maximum Gasteiger partial charge on any atom is 0.219 e. The fourth-order valence-corrected chi connectivity index (χ4v) is 2.09. The predicted octanol–water partition coefficient (Wildman–Crippen LogP) is 2.80. The van der Waals surface area contributed by atoms with Gasteiger partial charge >= 0.3 is 0 Å². The third kappa shape index (κ3) is 4.17. The minimum absolute atomic E-state index is 0.191. The van der Waals surface area contributed by atoms with Crippen molar-refractivity contribution in [2.24, 2.45) is 10.9 Å². The summed E-state index contributed by atoms with van der Waals surface area (Å²) in [7, 11) is 0. The quantitative estimate of drug-likeness (QED) is 0.546. The Morgan fingerprint density at radius 1 is 1.24 bits per heavy atom. The highest BCUT2D eigenvalue weighted by Crippen LogP contribution is 2.24. The van der Waals surface area contributed by atoms with E-state index >= 15 is 0 Å². The molecule has 0 aromatic carbocycles. The highest BCUT2D eigenvalue weighted by Gasteiger charge is 2.21. The average Bonchev–Trinajstić information content (AvgIpc) is 2.35. The summed E-state index contributed by atoms with van der Waals surface area (Å²) in [6.07, 6.45) is 6.25. The summed E-state index contributed by atoms with van der Waals surface area (Å²) in [5.74, 6) is 0.788. The van der Waals surface area contributed by atoms with E-state index in [-0.39, 0.29) is 5.91 Å². The molecule has 0 aliphatic carbocycles. The SMILES string of the molecule is C=N/C(C)=C\C=C(/C)C1CCN(C(C)=O)CC1. The molecule has 1 heterocycles. The summed E-state index contributed by atoms with van der Waals surface area (Å²) in [5.41, 5.74) is 2.31. The van der Waals surface area contributed by atoms with Crippen LogP contribution in [0.5, 0.6) is 0 Å². The van der Waals surface area contributed by atoms with E-state index in [0.29, 0.717) is 5.92 Å². The van der Waals surface area contributed by atoms with Gasteiger partial charge in [0.25, 0.3) is 0 Å². The van der Waals surface area contributed by atoms with Crippen LogP contribution < -0.4 is 0 Å². The van der Waals surface area contributed by atoms with Gasteiger partial charge in [-0.05, 0) is 45.4 Å². The van der Waals surface area contributed by atoms with E-state index in [2.05, 4.69) is 24.7 Å². The number of nitrogens with zero attached hydrogens (tertiary/aromatic N) is 2. The molecule has 0 saturated carbocycles. The molecule has 17 heavy (non-hydrogen) atoms. The topological polar surface area (TPSA) is 32.7 Å².